The monoisotopic (exact) mass is 317 g/mol. The zero-order valence-electron chi connectivity index (χ0n) is 13.2. The molecule has 1 unspecified atom stereocenters. The number of fused-ring (bicyclic) bond motifs is 1. The quantitative estimate of drug-likeness (QED) is 0.918. The molecule has 1 atom stereocenters. The average Bonchev–Trinajstić information content (AvgIpc) is 3.10. The zero-order valence-corrected chi connectivity index (χ0v) is 13.2. The first kappa shape index (κ1) is 15.5. The Kier molecular flexibility index (Phi) is 3.81. The first-order valence-corrected chi connectivity index (χ1v) is 7.47. The van der Waals surface area contributed by atoms with Gasteiger partial charge in [0, 0.05) is 26.1 Å². The molecule has 1 amide bonds. The Labute approximate surface area is 133 Å². The third-order valence-electron chi connectivity index (χ3n) is 4.48. The second-order valence-corrected chi connectivity index (χ2v) is 5.82. The molecule has 1 aliphatic rings. The van der Waals surface area contributed by atoms with E-state index >= 15 is 0 Å². The molecule has 7 heteroatoms. The van der Waals surface area contributed by atoms with E-state index in [1.54, 1.807) is 11.7 Å². The summed E-state index contributed by atoms with van der Waals surface area (Å²) in [4.78, 5) is 26.2. The fraction of sp³-hybridized carbons (Fsp3) is 0.438. The number of likely N-dealkylation sites (tertiary alicyclic amines) is 1. The Bertz CT molecular complexity index is 770. The Morgan fingerprint density at radius 3 is 2.83 bits per heavy atom. The summed E-state index contributed by atoms with van der Waals surface area (Å²) in [7, 11) is 3.21. The first-order chi connectivity index (χ1) is 11.0. The summed E-state index contributed by atoms with van der Waals surface area (Å²) in [5.74, 6) is -1.40. The second kappa shape index (κ2) is 5.66. The van der Waals surface area contributed by atoms with Gasteiger partial charge in [0.25, 0.3) is 5.91 Å². The molecule has 0 saturated carbocycles. The van der Waals surface area contributed by atoms with Crippen LogP contribution >= 0.6 is 0 Å². The summed E-state index contributed by atoms with van der Waals surface area (Å²) in [6.07, 6.45) is 1.01. The number of benzene rings is 1. The van der Waals surface area contributed by atoms with Gasteiger partial charge in [-0.15, -0.1) is 0 Å². The highest BCUT2D eigenvalue weighted by Gasteiger charge is 2.51. The van der Waals surface area contributed by atoms with Crippen LogP contribution < -0.4 is 0 Å². The number of ether oxygens (including phenoxy) is 1. The molecule has 3 rings (SSSR count). The van der Waals surface area contributed by atoms with Crippen molar-refractivity contribution in [3.8, 4) is 0 Å². The maximum atomic E-state index is 13.0. The molecule has 1 fully saturated rings. The lowest BCUT2D eigenvalue weighted by Gasteiger charge is -2.33. The molecule has 122 valence electrons. The predicted octanol–water partition coefficient (Wildman–Crippen LogP) is 1.28. The number of carboxylic acids is 1. The van der Waals surface area contributed by atoms with Crippen molar-refractivity contribution in [3.63, 3.8) is 0 Å². The van der Waals surface area contributed by atoms with Crippen LogP contribution in [0.5, 0.6) is 0 Å². The first-order valence-electron chi connectivity index (χ1n) is 7.47. The van der Waals surface area contributed by atoms with Crippen LogP contribution in [0, 0.1) is 0 Å². The number of rotatable bonds is 4. The van der Waals surface area contributed by atoms with Gasteiger partial charge < -0.3 is 14.7 Å². The van der Waals surface area contributed by atoms with Crippen LogP contribution in [0.4, 0.5) is 0 Å². The lowest BCUT2D eigenvalue weighted by Crippen LogP contribution is -2.56. The molecule has 0 aliphatic carbocycles. The molecule has 1 aromatic carbocycles. The molecule has 1 aliphatic heterocycles. The Hall–Kier alpha value is -2.41. The van der Waals surface area contributed by atoms with E-state index in [0.717, 1.165) is 10.9 Å². The van der Waals surface area contributed by atoms with Crippen molar-refractivity contribution in [2.75, 3.05) is 20.3 Å². The molecule has 1 saturated heterocycles. The van der Waals surface area contributed by atoms with Gasteiger partial charge >= 0.3 is 5.97 Å². The van der Waals surface area contributed by atoms with E-state index in [9.17, 15) is 14.7 Å². The summed E-state index contributed by atoms with van der Waals surface area (Å²) in [5.41, 5.74) is -0.195. The predicted molar refractivity (Wildman–Crippen MR) is 83.2 cm³/mol. The number of aryl methyl sites for hydroxylation is 1. The fourth-order valence-corrected chi connectivity index (χ4v) is 3.35. The van der Waals surface area contributed by atoms with Gasteiger partial charge in [0.1, 0.15) is 0 Å². The highest BCUT2D eigenvalue weighted by Crippen LogP contribution is 2.32. The van der Waals surface area contributed by atoms with Crippen molar-refractivity contribution < 1.29 is 19.4 Å². The number of hydrogen-bond acceptors (Lipinski definition) is 4. The zero-order chi connectivity index (χ0) is 16.6. The third-order valence-corrected chi connectivity index (χ3v) is 4.48. The fourth-order valence-electron chi connectivity index (χ4n) is 3.35. The van der Waals surface area contributed by atoms with Crippen LogP contribution in [-0.2, 0) is 16.6 Å². The number of hydrogen-bond donors (Lipinski definition) is 1. The molecule has 1 N–H and O–H groups in total. The molecule has 23 heavy (non-hydrogen) atoms. The van der Waals surface area contributed by atoms with Crippen molar-refractivity contribution >= 4 is 22.8 Å². The van der Waals surface area contributed by atoms with Crippen molar-refractivity contribution in [2.45, 2.75) is 18.4 Å². The van der Waals surface area contributed by atoms with Gasteiger partial charge in [0.2, 0.25) is 0 Å². The van der Waals surface area contributed by atoms with E-state index in [-0.39, 0.29) is 18.2 Å². The van der Waals surface area contributed by atoms with Crippen LogP contribution in [0.1, 0.15) is 23.3 Å². The molecular weight excluding hydrogens is 298 g/mol. The van der Waals surface area contributed by atoms with Gasteiger partial charge in [-0.05, 0) is 18.9 Å². The standard InChI is InChI=1S/C16H19N3O4/c1-18-12-7-4-3-6-11(12)13(17-18)14(20)19-9-5-8-16(19,10-23-2)15(21)22/h3-4,6-7H,5,8-10H2,1-2H3,(H,21,22). The number of aromatic nitrogens is 2. The third kappa shape index (κ3) is 2.28. The van der Waals surface area contributed by atoms with Gasteiger partial charge in [-0.1, -0.05) is 18.2 Å². The summed E-state index contributed by atoms with van der Waals surface area (Å²) >= 11 is 0. The van der Waals surface area contributed by atoms with Gasteiger partial charge in [0.15, 0.2) is 11.2 Å². The van der Waals surface area contributed by atoms with E-state index in [1.165, 1.54) is 12.0 Å². The SMILES string of the molecule is COCC1(C(=O)O)CCCN1C(=O)c1nn(C)c2ccccc12. The normalized spacial score (nSPS) is 21.0. The number of amides is 1. The Morgan fingerprint density at radius 2 is 2.13 bits per heavy atom. The van der Waals surface area contributed by atoms with Crippen molar-refractivity contribution in [1.82, 2.24) is 14.7 Å². The van der Waals surface area contributed by atoms with Crippen LogP contribution in [0.25, 0.3) is 10.9 Å². The minimum absolute atomic E-state index is 0.0289. The largest absolute Gasteiger partial charge is 0.479 e. The van der Waals surface area contributed by atoms with Crippen molar-refractivity contribution in [2.24, 2.45) is 7.05 Å². The molecule has 2 aromatic rings. The number of carboxylic acid groups (broad SMARTS) is 1. The van der Waals surface area contributed by atoms with Crippen LogP contribution in [-0.4, -0.2) is 57.5 Å². The number of carbonyl (C=O) groups is 2. The van der Waals surface area contributed by atoms with E-state index in [4.69, 9.17) is 4.74 Å². The molecule has 2 heterocycles. The van der Waals surface area contributed by atoms with Gasteiger partial charge in [-0.25, -0.2) is 4.79 Å². The molecule has 0 radical (unpaired) electrons. The Balaban J connectivity index is 2.06. The Morgan fingerprint density at radius 1 is 1.39 bits per heavy atom. The number of methoxy groups -OCH3 is 1. The van der Waals surface area contributed by atoms with E-state index < -0.39 is 11.5 Å². The van der Waals surface area contributed by atoms with Crippen molar-refractivity contribution in [1.29, 1.82) is 0 Å². The summed E-state index contributed by atoms with van der Waals surface area (Å²) in [6.45, 7) is 0.359. The minimum atomic E-state index is -1.32. The van der Waals surface area contributed by atoms with Gasteiger partial charge in [-0.3, -0.25) is 9.48 Å². The molecule has 0 spiro atoms. The second-order valence-electron chi connectivity index (χ2n) is 5.82. The molecule has 7 nitrogen and oxygen atoms in total. The van der Waals surface area contributed by atoms with Crippen molar-refractivity contribution in [3.05, 3.63) is 30.0 Å². The number of carbonyl (C=O) groups excluding carboxylic acids is 1. The topological polar surface area (TPSA) is 84.7 Å². The van der Waals surface area contributed by atoms with E-state index in [0.29, 0.717) is 19.4 Å². The maximum absolute atomic E-state index is 13.0. The lowest BCUT2D eigenvalue weighted by molar-refractivity contribution is -0.151. The van der Waals surface area contributed by atoms with Gasteiger partial charge in [0.05, 0.1) is 12.1 Å². The van der Waals surface area contributed by atoms with Gasteiger partial charge in [-0.2, -0.15) is 5.10 Å². The van der Waals surface area contributed by atoms with Crippen LogP contribution in [0.15, 0.2) is 24.3 Å². The highest BCUT2D eigenvalue weighted by molar-refractivity contribution is 6.06. The molecule has 0 bridgehead atoms. The smallest absolute Gasteiger partial charge is 0.332 e. The summed E-state index contributed by atoms with van der Waals surface area (Å²) in [6, 6.07) is 7.41. The van der Waals surface area contributed by atoms with E-state index in [1.807, 2.05) is 24.3 Å². The molecular formula is C16H19N3O4. The van der Waals surface area contributed by atoms with Crippen LogP contribution in [0.3, 0.4) is 0 Å². The summed E-state index contributed by atoms with van der Waals surface area (Å²) < 4.78 is 6.74. The number of nitrogens with zero attached hydrogens (tertiary/aromatic N) is 3. The van der Waals surface area contributed by atoms with Crippen LogP contribution in [0.2, 0.25) is 0 Å². The number of para-hydroxylation sites is 1. The number of aliphatic carboxylic acids is 1. The average molecular weight is 317 g/mol. The minimum Gasteiger partial charge on any atom is -0.479 e. The molecule has 1 aromatic heterocycles. The maximum Gasteiger partial charge on any atom is 0.332 e. The lowest BCUT2D eigenvalue weighted by atomic mass is 9.97. The van der Waals surface area contributed by atoms with E-state index in [2.05, 4.69) is 5.10 Å². The summed E-state index contributed by atoms with van der Waals surface area (Å²) in [5, 5.41) is 14.7. The highest BCUT2D eigenvalue weighted by atomic mass is 16.5.